The van der Waals surface area contributed by atoms with E-state index in [1.54, 1.807) is 0 Å². The molecule has 0 aromatic heterocycles. The standard InChI is InChI=1S/C4H10BP/c1-3-6-4-5-2/h6H,2-4H2,1H3. The Hall–Kier alpha value is 0.365. The van der Waals surface area contributed by atoms with Crippen molar-refractivity contribution in [3.63, 3.8) is 0 Å². The molecule has 0 aliphatic rings. The van der Waals surface area contributed by atoms with Crippen molar-refractivity contribution in [2.24, 2.45) is 0 Å². The van der Waals surface area contributed by atoms with Crippen molar-refractivity contribution >= 4 is 22.0 Å². The molecule has 0 spiro atoms. The van der Waals surface area contributed by atoms with Crippen molar-refractivity contribution in [1.29, 1.82) is 0 Å². The van der Waals surface area contributed by atoms with Crippen LogP contribution < -0.4 is 0 Å². The maximum absolute atomic E-state index is 3.61. The molecule has 0 saturated carbocycles. The number of rotatable bonds is 3. The van der Waals surface area contributed by atoms with Crippen LogP contribution in [0.15, 0.2) is 0 Å². The Morgan fingerprint density at radius 1 is 1.83 bits per heavy atom. The van der Waals surface area contributed by atoms with Gasteiger partial charge in [0.25, 0.3) is 0 Å². The third-order valence-electron chi connectivity index (χ3n) is 0.539. The molecule has 6 heavy (non-hydrogen) atoms. The van der Waals surface area contributed by atoms with Gasteiger partial charge in [0.05, 0.1) is 0 Å². The SMILES string of the molecule is C=BCPCC. The Balaban J connectivity index is 2.49. The van der Waals surface area contributed by atoms with Crippen molar-refractivity contribution in [1.82, 2.24) is 0 Å². The van der Waals surface area contributed by atoms with Gasteiger partial charge in [-0.15, -0.1) is 0 Å². The van der Waals surface area contributed by atoms with Crippen molar-refractivity contribution in [2.45, 2.75) is 6.92 Å². The minimum atomic E-state index is 1.10. The van der Waals surface area contributed by atoms with Crippen LogP contribution in [-0.2, 0) is 0 Å². The van der Waals surface area contributed by atoms with Crippen LogP contribution in [0.1, 0.15) is 6.92 Å². The Kier molecular flexibility index (Phi) is 5.69. The van der Waals surface area contributed by atoms with Crippen LogP contribution >= 0.6 is 8.58 Å². The second kappa shape index (κ2) is 5.36. The molecule has 0 saturated heterocycles. The van der Waals surface area contributed by atoms with E-state index in [0.29, 0.717) is 0 Å². The molecule has 0 aliphatic carbocycles. The van der Waals surface area contributed by atoms with Gasteiger partial charge < -0.3 is 0 Å². The molecule has 0 aliphatic heterocycles. The monoisotopic (exact) mass is 100 g/mol. The molecule has 2 heteroatoms. The third kappa shape index (κ3) is 4.36. The van der Waals surface area contributed by atoms with Gasteiger partial charge >= 0.3 is 41.1 Å². The Morgan fingerprint density at radius 2 is 2.50 bits per heavy atom. The molecule has 34 valence electrons. The fourth-order valence-corrected chi connectivity index (χ4v) is 0.739. The van der Waals surface area contributed by atoms with Crippen LogP contribution in [0.3, 0.4) is 0 Å². The van der Waals surface area contributed by atoms with Crippen LogP contribution in [0, 0.1) is 0 Å². The van der Waals surface area contributed by atoms with Crippen LogP contribution in [0.2, 0.25) is 0 Å². The predicted octanol–water partition coefficient (Wildman–Crippen LogP) is 0.778. The molecule has 0 aromatic rings. The summed E-state index contributed by atoms with van der Waals surface area (Å²) in [5.41, 5.74) is 0. The van der Waals surface area contributed by atoms with Gasteiger partial charge in [0.2, 0.25) is 0 Å². The normalized spacial score (nSPS) is 9.50. The van der Waals surface area contributed by atoms with Gasteiger partial charge in [-0.3, -0.25) is 0 Å². The second-order valence-corrected chi connectivity index (χ2v) is 2.71. The number of hydrogen-bond acceptors (Lipinski definition) is 0. The van der Waals surface area contributed by atoms with E-state index < -0.39 is 0 Å². The summed E-state index contributed by atoms with van der Waals surface area (Å²) in [4.78, 5) is 0. The van der Waals surface area contributed by atoms with Gasteiger partial charge in [-0.2, -0.15) is 0 Å². The minimum absolute atomic E-state index is 1.10. The summed E-state index contributed by atoms with van der Waals surface area (Å²) >= 11 is 0. The van der Waals surface area contributed by atoms with E-state index in [9.17, 15) is 0 Å². The summed E-state index contributed by atoms with van der Waals surface area (Å²) in [5.74, 6) is 0. The van der Waals surface area contributed by atoms with E-state index in [0.717, 1.165) is 8.58 Å². The predicted molar refractivity (Wildman–Crippen MR) is 36.6 cm³/mol. The van der Waals surface area contributed by atoms with Crippen LogP contribution in [0.4, 0.5) is 0 Å². The molecule has 0 nitrogen and oxygen atoms in total. The molecule has 0 rings (SSSR count). The van der Waals surface area contributed by atoms with Crippen molar-refractivity contribution in [2.75, 3.05) is 12.2 Å². The molecule has 0 amide bonds. The summed E-state index contributed by atoms with van der Waals surface area (Å²) in [6.07, 6.45) is 1.31. The Bertz CT molecular complexity index is 36.5. The average molecular weight is 99.9 g/mol. The van der Waals surface area contributed by atoms with Gasteiger partial charge in [0, 0.05) is 0 Å². The topological polar surface area (TPSA) is 0 Å². The molecule has 0 heterocycles. The van der Waals surface area contributed by atoms with Crippen LogP contribution in [0.5, 0.6) is 0 Å². The summed E-state index contributed by atoms with van der Waals surface area (Å²) in [6.45, 7) is 7.78. The van der Waals surface area contributed by atoms with Crippen LogP contribution in [0.25, 0.3) is 0 Å². The first kappa shape index (κ1) is 6.36. The Labute approximate surface area is 42.0 Å². The van der Waals surface area contributed by atoms with Gasteiger partial charge in [0.1, 0.15) is 0 Å². The molecule has 0 aromatic carbocycles. The van der Waals surface area contributed by atoms with Gasteiger partial charge in [-0.05, 0) is 0 Å². The maximum atomic E-state index is 3.61. The van der Waals surface area contributed by atoms with Crippen molar-refractivity contribution in [3.05, 3.63) is 0 Å². The van der Waals surface area contributed by atoms with E-state index in [1.165, 1.54) is 12.2 Å². The molecule has 1 unspecified atom stereocenters. The van der Waals surface area contributed by atoms with E-state index >= 15 is 0 Å². The first-order valence-electron chi connectivity index (χ1n) is 2.23. The zero-order chi connectivity index (χ0) is 4.83. The fourth-order valence-electron chi connectivity index (χ4n) is 0.246. The zero-order valence-electron chi connectivity index (χ0n) is 4.20. The number of hydrogen-bond donors (Lipinski definition) is 0. The first-order chi connectivity index (χ1) is 2.91. The molecule has 0 radical (unpaired) electrons. The molecule has 1 atom stereocenters. The second-order valence-electron chi connectivity index (χ2n) is 1.10. The fraction of sp³-hybridized carbons (Fsp3) is 0.750. The van der Waals surface area contributed by atoms with E-state index in [1.807, 2.05) is 6.92 Å². The molecule has 0 bridgehead atoms. The molecular formula is C4H10BP. The third-order valence-corrected chi connectivity index (χ3v) is 1.62. The summed E-state index contributed by atoms with van der Waals surface area (Å²) < 4.78 is 0. The first-order valence-corrected chi connectivity index (χ1v) is 3.64. The average Bonchev–Trinajstić information content (AvgIpc) is 1.61. The quantitative estimate of drug-likeness (QED) is 0.279. The van der Waals surface area contributed by atoms with Crippen LogP contribution in [-0.4, -0.2) is 25.6 Å². The van der Waals surface area contributed by atoms with Gasteiger partial charge in [-0.25, -0.2) is 0 Å². The summed E-state index contributed by atoms with van der Waals surface area (Å²) in [6, 6.07) is 1.20. The molecule has 0 fully saturated rings. The summed E-state index contributed by atoms with van der Waals surface area (Å²) in [5, 5.41) is 0. The van der Waals surface area contributed by atoms with E-state index in [-0.39, 0.29) is 0 Å². The van der Waals surface area contributed by atoms with Gasteiger partial charge in [-0.1, -0.05) is 0 Å². The Morgan fingerprint density at radius 3 is 2.67 bits per heavy atom. The van der Waals surface area contributed by atoms with Crippen molar-refractivity contribution < 1.29 is 0 Å². The zero-order valence-corrected chi connectivity index (χ0v) is 5.20. The molecular weight excluding hydrogens is 89.8 g/mol. The van der Waals surface area contributed by atoms with Gasteiger partial charge in [0.15, 0.2) is 0 Å². The summed E-state index contributed by atoms with van der Waals surface area (Å²) in [7, 11) is 1.10. The van der Waals surface area contributed by atoms with E-state index in [2.05, 4.69) is 13.4 Å². The molecule has 0 N–H and O–H groups in total. The van der Waals surface area contributed by atoms with E-state index in [4.69, 9.17) is 0 Å². The van der Waals surface area contributed by atoms with Crippen molar-refractivity contribution in [3.8, 4) is 0 Å².